The lowest BCUT2D eigenvalue weighted by molar-refractivity contribution is 0.602. The molecule has 84 valence electrons. The SMILES string of the molecule is CCS(=O)(=O)Nc1nccc(C)c1CN. The molecule has 0 unspecified atom stereocenters. The number of nitrogens with zero attached hydrogens (tertiary/aromatic N) is 1. The molecule has 0 aliphatic heterocycles. The molecule has 0 spiro atoms. The summed E-state index contributed by atoms with van der Waals surface area (Å²) < 4.78 is 25.1. The summed E-state index contributed by atoms with van der Waals surface area (Å²) in [7, 11) is -3.29. The fraction of sp³-hybridized carbons (Fsp3) is 0.444. The van der Waals surface area contributed by atoms with Gasteiger partial charge < -0.3 is 5.73 Å². The Hall–Kier alpha value is -1.14. The van der Waals surface area contributed by atoms with E-state index in [2.05, 4.69) is 9.71 Å². The molecule has 0 bridgehead atoms. The largest absolute Gasteiger partial charge is 0.326 e. The van der Waals surface area contributed by atoms with Crippen molar-refractivity contribution in [3.63, 3.8) is 0 Å². The zero-order valence-corrected chi connectivity index (χ0v) is 9.63. The predicted octanol–water partition coefficient (Wildman–Crippen LogP) is 0.610. The molecule has 1 heterocycles. The molecule has 0 saturated heterocycles. The number of hydrogen-bond acceptors (Lipinski definition) is 4. The van der Waals surface area contributed by atoms with Gasteiger partial charge in [0.05, 0.1) is 5.75 Å². The Kier molecular flexibility index (Phi) is 3.65. The van der Waals surface area contributed by atoms with E-state index in [4.69, 9.17) is 5.73 Å². The zero-order valence-electron chi connectivity index (χ0n) is 8.82. The predicted molar refractivity (Wildman–Crippen MR) is 59.9 cm³/mol. The highest BCUT2D eigenvalue weighted by atomic mass is 32.2. The van der Waals surface area contributed by atoms with E-state index < -0.39 is 10.0 Å². The van der Waals surface area contributed by atoms with Crippen LogP contribution < -0.4 is 10.5 Å². The summed E-state index contributed by atoms with van der Waals surface area (Å²) in [5.41, 5.74) is 7.20. The minimum atomic E-state index is -3.29. The molecule has 0 fully saturated rings. The van der Waals surface area contributed by atoms with Crippen LogP contribution in [0.5, 0.6) is 0 Å². The van der Waals surface area contributed by atoms with Gasteiger partial charge in [-0.15, -0.1) is 0 Å². The highest BCUT2D eigenvalue weighted by molar-refractivity contribution is 7.92. The maximum atomic E-state index is 11.4. The quantitative estimate of drug-likeness (QED) is 0.792. The van der Waals surface area contributed by atoms with Gasteiger partial charge in [-0.3, -0.25) is 4.72 Å². The number of nitrogens with one attached hydrogen (secondary N) is 1. The van der Waals surface area contributed by atoms with Crippen LogP contribution in [0.3, 0.4) is 0 Å². The highest BCUT2D eigenvalue weighted by Crippen LogP contribution is 2.16. The summed E-state index contributed by atoms with van der Waals surface area (Å²) in [4.78, 5) is 3.97. The highest BCUT2D eigenvalue weighted by Gasteiger charge is 2.12. The number of sulfonamides is 1. The van der Waals surface area contributed by atoms with Gasteiger partial charge >= 0.3 is 0 Å². The Morgan fingerprint density at radius 1 is 1.53 bits per heavy atom. The van der Waals surface area contributed by atoms with Crippen LogP contribution in [-0.4, -0.2) is 19.2 Å². The Labute approximate surface area is 89.8 Å². The molecule has 0 saturated carbocycles. The van der Waals surface area contributed by atoms with Gasteiger partial charge in [0, 0.05) is 18.3 Å². The van der Waals surface area contributed by atoms with Gasteiger partial charge in [-0.2, -0.15) is 0 Å². The lowest BCUT2D eigenvalue weighted by Gasteiger charge is -2.11. The fourth-order valence-corrected chi connectivity index (χ4v) is 1.77. The molecular weight excluding hydrogens is 214 g/mol. The molecule has 0 atom stereocenters. The maximum Gasteiger partial charge on any atom is 0.233 e. The third-order valence-corrected chi connectivity index (χ3v) is 3.39. The summed E-state index contributed by atoms with van der Waals surface area (Å²) in [6.07, 6.45) is 1.56. The summed E-state index contributed by atoms with van der Waals surface area (Å²) in [6.45, 7) is 3.70. The molecule has 15 heavy (non-hydrogen) atoms. The second-order valence-electron chi connectivity index (χ2n) is 3.16. The van der Waals surface area contributed by atoms with Crippen molar-refractivity contribution in [2.75, 3.05) is 10.5 Å². The fourth-order valence-electron chi connectivity index (χ4n) is 1.15. The topological polar surface area (TPSA) is 85.1 Å². The van der Waals surface area contributed by atoms with Gasteiger partial charge in [0.2, 0.25) is 10.0 Å². The van der Waals surface area contributed by atoms with Crippen LogP contribution in [-0.2, 0) is 16.6 Å². The van der Waals surface area contributed by atoms with E-state index in [-0.39, 0.29) is 12.3 Å². The van der Waals surface area contributed by atoms with Crippen LogP contribution in [0.1, 0.15) is 18.1 Å². The molecular formula is C9H15N3O2S. The van der Waals surface area contributed by atoms with Crippen molar-refractivity contribution in [3.8, 4) is 0 Å². The Bertz CT molecular complexity index is 443. The minimum Gasteiger partial charge on any atom is -0.326 e. The van der Waals surface area contributed by atoms with Crippen LogP contribution in [0, 0.1) is 6.92 Å². The smallest absolute Gasteiger partial charge is 0.233 e. The summed E-state index contributed by atoms with van der Waals surface area (Å²) in [6, 6.07) is 1.80. The van der Waals surface area contributed by atoms with Crippen molar-refractivity contribution in [2.24, 2.45) is 5.73 Å². The van der Waals surface area contributed by atoms with Crippen LogP contribution in [0.4, 0.5) is 5.82 Å². The molecule has 0 aliphatic carbocycles. The molecule has 1 aromatic heterocycles. The molecule has 0 aliphatic rings. The number of nitrogens with two attached hydrogens (primary N) is 1. The number of hydrogen-bond donors (Lipinski definition) is 2. The van der Waals surface area contributed by atoms with Crippen molar-refractivity contribution < 1.29 is 8.42 Å². The van der Waals surface area contributed by atoms with E-state index in [0.29, 0.717) is 5.82 Å². The van der Waals surface area contributed by atoms with Gasteiger partial charge in [-0.05, 0) is 25.5 Å². The molecule has 1 rings (SSSR count). The molecule has 1 aromatic rings. The van der Waals surface area contributed by atoms with Crippen LogP contribution >= 0.6 is 0 Å². The normalized spacial score (nSPS) is 11.4. The monoisotopic (exact) mass is 229 g/mol. The first-order chi connectivity index (χ1) is 7.00. The van der Waals surface area contributed by atoms with Gasteiger partial charge in [0.25, 0.3) is 0 Å². The molecule has 0 aromatic carbocycles. The van der Waals surface area contributed by atoms with E-state index in [1.54, 1.807) is 19.2 Å². The maximum absolute atomic E-state index is 11.4. The number of pyridine rings is 1. The summed E-state index contributed by atoms with van der Waals surface area (Å²) in [5.74, 6) is 0.353. The second kappa shape index (κ2) is 4.59. The van der Waals surface area contributed by atoms with Gasteiger partial charge in [-0.25, -0.2) is 13.4 Å². The van der Waals surface area contributed by atoms with Crippen LogP contribution in [0.15, 0.2) is 12.3 Å². The van der Waals surface area contributed by atoms with E-state index >= 15 is 0 Å². The third-order valence-electron chi connectivity index (χ3n) is 2.13. The van der Waals surface area contributed by atoms with E-state index in [0.717, 1.165) is 11.1 Å². The number of anilines is 1. The molecule has 5 nitrogen and oxygen atoms in total. The average molecular weight is 229 g/mol. The van der Waals surface area contributed by atoms with Crippen molar-refractivity contribution >= 4 is 15.8 Å². The number of aryl methyl sites for hydroxylation is 1. The van der Waals surface area contributed by atoms with Crippen molar-refractivity contribution in [1.29, 1.82) is 0 Å². The van der Waals surface area contributed by atoms with Gasteiger partial charge in [0.1, 0.15) is 5.82 Å². The number of rotatable bonds is 4. The first kappa shape index (κ1) is 11.9. The Balaban J connectivity index is 3.10. The van der Waals surface area contributed by atoms with Crippen molar-refractivity contribution in [1.82, 2.24) is 4.98 Å². The van der Waals surface area contributed by atoms with Crippen LogP contribution in [0.25, 0.3) is 0 Å². The third kappa shape index (κ3) is 2.90. The first-order valence-corrected chi connectivity index (χ1v) is 6.30. The van der Waals surface area contributed by atoms with Crippen molar-refractivity contribution in [2.45, 2.75) is 20.4 Å². The zero-order chi connectivity index (χ0) is 11.5. The van der Waals surface area contributed by atoms with E-state index in [1.165, 1.54) is 0 Å². The van der Waals surface area contributed by atoms with Gasteiger partial charge in [0.15, 0.2) is 0 Å². The number of aromatic nitrogens is 1. The van der Waals surface area contributed by atoms with E-state index in [9.17, 15) is 8.42 Å². The van der Waals surface area contributed by atoms with Gasteiger partial charge in [-0.1, -0.05) is 0 Å². The average Bonchev–Trinajstić information content (AvgIpc) is 2.18. The lowest BCUT2D eigenvalue weighted by atomic mass is 10.1. The lowest BCUT2D eigenvalue weighted by Crippen LogP contribution is -2.18. The molecule has 0 amide bonds. The molecule has 3 N–H and O–H groups in total. The minimum absolute atomic E-state index is 0.0205. The van der Waals surface area contributed by atoms with E-state index in [1.807, 2.05) is 6.92 Å². The Morgan fingerprint density at radius 3 is 2.73 bits per heavy atom. The first-order valence-electron chi connectivity index (χ1n) is 4.65. The van der Waals surface area contributed by atoms with Crippen LogP contribution in [0.2, 0.25) is 0 Å². The Morgan fingerprint density at radius 2 is 2.20 bits per heavy atom. The standard InChI is InChI=1S/C9H15N3O2S/c1-3-15(13,14)12-9-8(6-10)7(2)4-5-11-9/h4-5H,3,6,10H2,1-2H3,(H,11,12). The summed E-state index contributed by atoms with van der Waals surface area (Å²) in [5, 5.41) is 0. The molecule has 6 heteroatoms. The van der Waals surface area contributed by atoms with Crippen molar-refractivity contribution in [3.05, 3.63) is 23.4 Å². The second-order valence-corrected chi connectivity index (χ2v) is 5.18. The molecule has 0 radical (unpaired) electrons. The summed E-state index contributed by atoms with van der Waals surface area (Å²) >= 11 is 0.